The van der Waals surface area contributed by atoms with Crippen LogP contribution in [0.3, 0.4) is 0 Å². The number of carboxylic acids is 1. The van der Waals surface area contributed by atoms with Gasteiger partial charge in [0.2, 0.25) is 0 Å². The van der Waals surface area contributed by atoms with Gasteiger partial charge in [-0.25, -0.2) is 0 Å². The van der Waals surface area contributed by atoms with Gasteiger partial charge < -0.3 is 9.84 Å². The summed E-state index contributed by atoms with van der Waals surface area (Å²) in [6, 6.07) is 0. The van der Waals surface area contributed by atoms with Gasteiger partial charge in [0.15, 0.2) is 0 Å². The number of carbonyl (C=O) groups excluding carboxylic acids is 1. The number of hydrogen-bond acceptors (Lipinski definition) is 3. The van der Waals surface area contributed by atoms with E-state index in [2.05, 4.69) is 4.74 Å². The second kappa shape index (κ2) is 8.26. The number of rotatable bonds is 8. The van der Waals surface area contributed by atoms with Crippen molar-refractivity contribution in [3.63, 3.8) is 0 Å². The molecule has 4 heteroatoms. The van der Waals surface area contributed by atoms with Crippen molar-refractivity contribution >= 4 is 11.9 Å². The fourth-order valence-electron chi connectivity index (χ4n) is 1.50. The monoisotopic (exact) mass is 216 g/mol. The van der Waals surface area contributed by atoms with Crippen molar-refractivity contribution in [2.75, 3.05) is 7.11 Å². The van der Waals surface area contributed by atoms with Gasteiger partial charge in [-0.3, -0.25) is 9.59 Å². The summed E-state index contributed by atoms with van der Waals surface area (Å²) in [4.78, 5) is 21.6. The molecule has 88 valence electrons. The average molecular weight is 216 g/mol. The third-order valence-corrected chi connectivity index (χ3v) is 2.40. The molecule has 0 rings (SSSR count). The Hall–Kier alpha value is -1.06. The number of carbonyl (C=O) groups is 2. The van der Waals surface area contributed by atoms with Crippen LogP contribution < -0.4 is 0 Å². The van der Waals surface area contributed by atoms with Crippen molar-refractivity contribution in [2.24, 2.45) is 5.92 Å². The number of carboxylic acid groups (broad SMARTS) is 1. The Morgan fingerprint density at radius 3 is 2.40 bits per heavy atom. The van der Waals surface area contributed by atoms with E-state index in [-0.39, 0.29) is 11.9 Å². The van der Waals surface area contributed by atoms with Crippen molar-refractivity contribution < 1.29 is 19.4 Å². The zero-order chi connectivity index (χ0) is 11.7. The van der Waals surface area contributed by atoms with Crippen molar-refractivity contribution in [2.45, 2.75) is 45.4 Å². The van der Waals surface area contributed by atoms with Gasteiger partial charge in [0.05, 0.1) is 13.0 Å². The van der Waals surface area contributed by atoms with E-state index in [1.54, 1.807) is 0 Å². The van der Waals surface area contributed by atoms with E-state index in [1.165, 1.54) is 7.11 Å². The Kier molecular flexibility index (Phi) is 7.68. The molecule has 0 spiro atoms. The van der Waals surface area contributed by atoms with Crippen LogP contribution in [0.25, 0.3) is 0 Å². The van der Waals surface area contributed by atoms with Crippen molar-refractivity contribution in [3.8, 4) is 0 Å². The summed E-state index contributed by atoms with van der Waals surface area (Å²) >= 11 is 0. The molecule has 0 aliphatic rings. The lowest BCUT2D eigenvalue weighted by molar-refractivity contribution is -0.142. The second-order valence-electron chi connectivity index (χ2n) is 3.65. The maximum atomic E-state index is 10.8. The quantitative estimate of drug-likeness (QED) is 0.499. The maximum absolute atomic E-state index is 10.8. The van der Waals surface area contributed by atoms with Gasteiger partial charge in [0.25, 0.3) is 0 Å². The highest BCUT2D eigenvalue weighted by atomic mass is 16.5. The van der Waals surface area contributed by atoms with E-state index in [1.807, 2.05) is 6.92 Å². The topological polar surface area (TPSA) is 63.6 Å². The summed E-state index contributed by atoms with van der Waals surface area (Å²) in [5.41, 5.74) is 0. The molecule has 1 N–H and O–H groups in total. The highest BCUT2D eigenvalue weighted by Gasteiger charge is 2.15. The zero-order valence-corrected chi connectivity index (χ0v) is 9.49. The van der Waals surface area contributed by atoms with Crippen molar-refractivity contribution in [1.29, 1.82) is 0 Å². The van der Waals surface area contributed by atoms with E-state index in [9.17, 15) is 9.59 Å². The molecular formula is C11H20O4. The van der Waals surface area contributed by atoms with Gasteiger partial charge in [-0.1, -0.05) is 19.8 Å². The molecule has 0 aromatic carbocycles. The number of hydrogen-bond donors (Lipinski definition) is 1. The van der Waals surface area contributed by atoms with Crippen LogP contribution in [0.15, 0.2) is 0 Å². The third kappa shape index (κ3) is 6.94. The molecule has 15 heavy (non-hydrogen) atoms. The van der Waals surface area contributed by atoms with Crippen molar-refractivity contribution in [1.82, 2.24) is 0 Å². The van der Waals surface area contributed by atoms with Gasteiger partial charge in [0, 0.05) is 6.42 Å². The minimum Gasteiger partial charge on any atom is -0.481 e. The molecule has 0 heterocycles. The first-order chi connectivity index (χ1) is 7.11. The molecule has 0 aromatic rings. The van der Waals surface area contributed by atoms with Crippen LogP contribution in [0.1, 0.15) is 45.4 Å². The average Bonchev–Trinajstić information content (AvgIpc) is 2.21. The van der Waals surface area contributed by atoms with Gasteiger partial charge in [-0.05, 0) is 19.3 Å². The molecule has 0 saturated heterocycles. The van der Waals surface area contributed by atoms with Gasteiger partial charge in [-0.2, -0.15) is 0 Å². The fourth-order valence-corrected chi connectivity index (χ4v) is 1.50. The van der Waals surface area contributed by atoms with Crippen LogP contribution in [0.4, 0.5) is 0 Å². The standard InChI is InChI=1S/C11H20O4/c1-3-6-9(11(13)14)7-4-5-8-10(12)15-2/h9H,3-8H2,1-2H3,(H,13,14). The first-order valence-electron chi connectivity index (χ1n) is 5.41. The van der Waals surface area contributed by atoms with Crippen LogP contribution in [0.2, 0.25) is 0 Å². The summed E-state index contributed by atoms with van der Waals surface area (Å²) < 4.78 is 4.50. The Balaban J connectivity index is 3.62. The first-order valence-corrected chi connectivity index (χ1v) is 5.41. The number of ether oxygens (including phenoxy) is 1. The lowest BCUT2D eigenvalue weighted by atomic mass is 9.97. The second-order valence-corrected chi connectivity index (χ2v) is 3.65. The number of esters is 1. The Labute approximate surface area is 90.6 Å². The van der Waals surface area contributed by atoms with E-state index in [4.69, 9.17) is 5.11 Å². The molecule has 0 saturated carbocycles. The highest BCUT2D eigenvalue weighted by molar-refractivity contribution is 5.70. The van der Waals surface area contributed by atoms with E-state index in [0.717, 1.165) is 12.8 Å². The molecule has 4 nitrogen and oxygen atoms in total. The minimum absolute atomic E-state index is 0.225. The van der Waals surface area contributed by atoms with E-state index in [0.29, 0.717) is 25.7 Å². The number of methoxy groups -OCH3 is 1. The van der Waals surface area contributed by atoms with Crippen LogP contribution in [-0.2, 0) is 14.3 Å². The first kappa shape index (κ1) is 13.9. The smallest absolute Gasteiger partial charge is 0.306 e. The van der Waals surface area contributed by atoms with Crippen LogP contribution in [0.5, 0.6) is 0 Å². The lowest BCUT2D eigenvalue weighted by Crippen LogP contribution is -2.13. The normalized spacial score (nSPS) is 12.1. The lowest BCUT2D eigenvalue weighted by Gasteiger charge is -2.10. The number of unbranched alkanes of at least 4 members (excludes halogenated alkanes) is 1. The van der Waals surface area contributed by atoms with Crippen LogP contribution in [0, 0.1) is 5.92 Å². The van der Waals surface area contributed by atoms with Gasteiger partial charge >= 0.3 is 11.9 Å². The largest absolute Gasteiger partial charge is 0.481 e. The molecule has 0 aliphatic heterocycles. The predicted octanol–water partition coefficient (Wildman–Crippen LogP) is 2.22. The van der Waals surface area contributed by atoms with Gasteiger partial charge in [-0.15, -0.1) is 0 Å². The molecule has 0 aromatic heterocycles. The Bertz CT molecular complexity index is 201. The molecule has 1 unspecified atom stereocenters. The molecule has 0 amide bonds. The third-order valence-electron chi connectivity index (χ3n) is 2.40. The Morgan fingerprint density at radius 1 is 1.27 bits per heavy atom. The Morgan fingerprint density at radius 2 is 1.93 bits per heavy atom. The van der Waals surface area contributed by atoms with E-state index < -0.39 is 5.97 Å². The molecular weight excluding hydrogens is 196 g/mol. The minimum atomic E-state index is -0.727. The molecule has 1 atom stereocenters. The molecule has 0 bridgehead atoms. The highest BCUT2D eigenvalue weighted by Crippen LogP contribution is 2.15. The van der Waals surface area contributed by atoms with Gasteiger partial charge in [0.1, 0.15) is 0 Å². The predicted molar refractivity (Wildman–Crippen MR) is 56.5 cm³/mol. The summed E-state index contributed by atoms with van der Waals surface area (Å²) in [5, 5.41) is 8.87. The zero-order valence-electron chi connectivity index (χ0n) is 9.49. The summed E-state index contributed by atoms with van der Waals surface area (Å²) in [6.45, 7) is 1.98. The van der Waals surface area contributed by atoms with Crippen LogP contribution >= 0.6 is 0 Å². The summed E-state index contributed by atoms with van der Waals surface area (Å²) in [7, 11) is 1.36. The van der Waals surface area contributed by atoms with E-state index >= 15 is 0 Å². The molecule has 0 fully saturated rings. The summed E-state index contributed by atoms with van der Waals surface area (Å²) in [5.74, 6) is -1.21. The molecule has 0 aliphatic carbocycles. The summed E-state index contributed by atoms with van der Waals surface area (Å²) in [6.07, 6.45) is 4.11. The fraction of sp³-hybridized carbons (Fsp3) is 0.818. The number of aliphatic carboxylic acids is 1. The SMILES string of the molecule is CCCC(CCCCC(=O)OC)C(=O)O. The molecule has 0 radical (unpaired) electrons. The van der Waals surface area contributed by atoms with Crippen LogP contribution in [-0.4, -0.2) is 24.2 Å². The van der Waals surface area contributed by atoms with Crippen molar-refractivity contribution in [3.05, 3.63) is 0 Å². The maximum Gasteiger partial charge on any atom is 0.306 e.